The number of nitrogens with zero attached hydrogens (tertiary/aromatic N) is 4. The largest absolute Gasteiger partial charge is 0.383 e. The Morgan fingerprint density at radius 2 is 2.07 bits per heavy atom. The van der Waals surface area contributed by atoms with Crippen LogP contribution in [0.5, 0.6) is 0 Å². The van der Waals surface area contributed by atoms with Crippen molar-refractivity contribution in [3.05, 3.63) is 52.5 Å². The van der Waals surface area contributed by atoms with E-state index in [1.165, 1.54) is 23.1 Å². The van der Waals surface area contributed by atoms with Gasteiger partial charge in [-0.2, -0.15) is 10.5 Å². The second-order valence-corrected chi connectivity index (χ2v) is 7.97. The van der Waals surface area contributed by atoms with Crippen molar-refractivity contribution in [2.75, 3.05) is 16.8 Å². The zero-order valence-electron chi connectivity index (χ0n) is 15.5. The molecule has 144 valence electrons. The number of carbonyl (C=O) groups is 1. The van der Waals surface area contributed by atoms with E-state index in [1.807, 2.05) is 36.6 Å². The first kappa shape index (κ1) is 20.3. The van der Waals surface area contributed by atoms with Crippen molar-refractivity contribution in [3.63, 3.8) is 0 Å². The molecule has 3 aromatic heterocycles. The molecule has 7 nitrogen and oxygen atoms in total. The average Bonchev–Trinajstić information content (AvgIpc) is 3.23. The second kappa shape index (κ2) is 9.20. The number of pyridine rings is 2. The third-order valence-corrected chi connectivity index (χ3v) is 5.88. The summed E-state index contributed by atoms with van der Waals surface area (Å²) in [6.07, 6.45) is 1.83. The first-order valence-corrected chi connectivity index (χ1v) is 10.4. The molecule has 3 heterocycles. The number of hydrogen-bond acceptors (Lipinski definition) is 8. The molecule has 3 N–H and O–H groups in total. The molecular weight excluding hydrogens is 404 g/mol. The highest BCUT2D eigenvalue weighted by molar-refractivity contribution is 7.99. The number of nitrogens with one attached hydrogen (secondary N) is 1. The zero-order chi connectivity index (χ0) is 20.8. The molecule has 0 atom stereocenters. The van der Waals surface area contributed by atoms with Crippen molar-refractivity contribution in [2.45, 2.75) is 18.4 Å². The van der Waals surface area contributed by atoms with Crippen LogP contribution in [0.2, 0.25) is 0 Å². The summed E-state index contributed by atoms with van der Waals surface area (Å²) in [5.74, 6) is 0.819. The van der Waals surface area contributed by atoms with Gasteiger partial charge in [-0.3, -0.25) is 4.79 Å². The Hall–Kier alpha value is -3.40. The summed E-state index contributed by atoms with van der Waals surface area (Å²) in [6, 6.07) is 11.5. The van der Waals surface area contributed by atoms with Crippen LogP contribution in [0.4, 0.5) is 11.6 Å². The van der Waals surface area contributed by atoms with E-state index in [0.29, 0.717) is 27.7 Å². The Balaban J connectivity index is 1.78. The van der Waals surface area contributed by atoms with Crippen molar-refractivity contribution in [1.29, 1.82) is 10.5 Å². The summed E-state index contributed by atoms with van der Waals surface area (Å²) in [4.78, 5) is 21.4. The van der Waals surface area contributed by atoms with Crippen molar-refractivity contribution < 1.29 is 4.79 Å². The Kier molecular flexibility index (Phi) is 6.45. The predicted molar refractivity (Wildman–Crippen MR) is 114 cm³/mol. The maximum Gasteiger partial charge on any atom is 0.226 e. The number of amides is 1. The van der Waals surface area contributed by atoms with Crippen LogP contribution in [-0.2, 0) is 4.79 Å². The third-order valence-electron chi connectivity index (χ3n) is 4.02. The van der Waals surface area contributed by atoms with Gasteiger partial charge >= 0.3 is 0 Å². The van der Waals surface area contributed by atoms with Gasteiger partial charge in [-0.05, 0) is 30.0 Å². The summed E-state index contributed by atoms with van der Waals surface area (Å²) in [6.45, 7) is 1.87. The number of rotatable bonds is 6. The Labute approximate surface area is 176 Å². The van der Waals surface area contributed by atoms with Gasteiger partial charge in [-0.25, -0.2) is 9.97 Å². The Morgan fingerprint density at radius 1 is 1.28 bits per heavy atom. The number of thiophene rings is 1. The summed E-state index contributed by atoms with van der Waals surface area (Å²) < 4.78 is 0. The van der Waals surface area contributed by atoms with Crippen molar-refractivity contribution in [2.24, 2.45) is 0 Å². The average molecular weight is 421 g/mol. The molecule has 0 aliphatic heterocycles. The Bertz CT molecular complexity index is 1130. The number of anilines is 2. The van der Waals surface area contributed by atoms with E-state index in [2.05, 4.69) is 21.4 Å². The minimum absolute atomic E-state index is 0.0750. The number of nitrogen functional groups attached to an aromatic ring is 1. The molecule has 0 aliphatic rings. The van der Waals surface area contributed by atoms with E-state index < -0.39 is 0 Å². The molecule has 9 heteroatoms. The molecule has 0 spiro atoms. The number of hydrogen-bond donors (Lipinski definition) is 2. The SMILES string of the molecule is Cc1cccnc1NC(=O)CCSc1nc(N)c(C#N)c(-c2cccs2)c1C#N. The van der Waals surface area contributed by atoms with E-state index in [9.17, 15) is 15.3 Å². The quantitative estimate of drug-likeness (QED) is 0.577. The fraction of sp³-hybridized carbons (Fsp3) is 0.150. The second-order valence-electron chi connectivity index (χ2n) is 5.94. The first-order chi connectivity index (χ1) is 14.0. The van der Waals surface area contributed by atoms with Crippen molar-refractivity contribution >= 4 is 40.6 Å². The van der Waals surface area contributed by atoms with Gasteiger partial charge in [0.2, 0.25) is 5.91 Å². The lowest BCUT2D eigenvalue weighted by molar-refractivity contribution is -0.115. The summed E-state index contributed by atoms with van der Waals surface area (Å²) in [5.41, 5.74) is 7.83. The molecule has 0 saturated heterocycles. The highest BCUT2D eigenvalue weighted by Crippen LogP contribution is 2.37. The molecule has 0 unspecified atom stereocenters. The third kappa shape index (κ3) is 4.54. The molecular formula is C20H16N6OS2. The van der Waals surface area contributed by atoms with Crippen LogP contribution >= 0.6 is 23.1 Å². The molecule has 0 aromatic carbocycles. The van der Waals surface area contributed by atoms with Crippen LogP contribution in [0.25, 0.3) is 10.4 Å². The summed E-state index contributed by atoms with van der Waals surface area (Å²) in [7, 11) is 0. The minimum atomic E-state index is -0.182. The topological polar surface area (TPSA) is 128 Å². The number of aryl methyl sites for hydroxylation is 1. The number of aromatic nitrogens is 2. The Morgan fingerprint density at radius 3 is 2.72 bits per heavy atom. The fourth-order valence-electron chi connectivity index (χ4n) is 2.62. The van der Waals surface area contributed by atoms with Gasteiger partial charge in [0.15, 0.2) is 0 Å². The first-order valence-electron chi connectivity index (χ1n) is 8.57. The molecule has 0 radical (unpaired) electrons. The predicted octanol–water partition coefficient (Wildman–Crippen LogP) is 3.96. The number of nitriles is 2. The molecule has 0 bridgehead atoms. The highest BCUT2D eigenvalue weighted by atomic mass is 32.2. The van der Waals surface area contributed by atoms with Gasteiger partial charge in [-0.1, -0.05) is 12.1 Å². The zero-order valence-corrected chi connectivity index (χ0v) is 17.1. The number of carbonyl (C=O) groups excluding carboxylic acids is 1. The van der Waals surface area contributed by atoms with Crippen LogP contribution in [-0.4, -0.2) is 21.6 Å². The molecule has 3 aromatic rings. The van der Waals surface area contributed by atoms with Gasteiger partial charge < -0.3 is 11.1 Å². The molecule has 3 rings (SSSR count). The van der Waals surface area contributed by atoms with Gasteiger partial charge in [0, 0.05) is 28.8 Å². The van der Waals surface area contributed by atoms with Crippen molar-refractivity contribution in [1.82, 2.24) is 9.97 Å². The van der Waals surface area contributed by atoms with Gasteiger partial charge in [0.25, 0.3) is 0 Å². The van der Waals surface area contributed by atoms with E-state index >= 15 is 0 Å². The maximum absolute atomic E-state index is 12.2. The molecule has 29 heavy (non-hydrogen) atoms. The number of thioether (sulfide) groups is 1. The van der Waals surface area contributed by atoms with Crippen LogP contribution < -0.4 is 11.1 Å². The molecule has 0 saturated carbocycles. The van der Waals surface area contributed by atoms with E-state index in [0.717, 1.165) is 10.4 Å². The van der Waals surface area contributed by atoms with Crippen LogP contribution in [0.1, 0.15) is 23.1 Å². The standard InChI is InChI=1S/C20H16N6OS2/c1-12-4-2-7-24-19(12)25-16(27)6-9-29-20-14(11-22)17(15-5-3-8-28-15)13(10-21)18(23)26-20/h2-5,7-8H,6,9H2,1H3,(H2,23,26)(H,24,25,27). The van der Waals surface area contributed by atoms with Crippen molar-refractivity contribution in [3.8, 4) is 22.6 Å². The van der Waals surface area contributed by atoms with Crippen LogP contribution in [0.15, 0.2) is 40.9 Å². The van der Waals surface area contributed by atoms with Gasteiger partial charge in [-0.15, -0.1) is 23.1 Å². The fourth-order valence-corrected chi connectivity index (χ4v) is 4.34. The van der Waals surface area contributed by atoms with Crippen LogP contribution in [0.3, 0.4) is 0 Å². The number of nitrogens with two attached hydrogens (primary N) is 1. The van der Waals surface area contributed by atoms with E-state index in [4.69, 9.17) is 5.73 Å². The lowest BCUT2D eigenvalue weighted by atomic mass is 10.0. The van der Waals surface area contributed by atoms with Gasteiger partial charge in [0.1, 0.15) is 34.4 Å². The monoisotopic (exact) mass is 420 g/mol. The van der Waals surface area contributed by atoms with E-state index in [1.54, 1.807) is 12.3 Å². The maximum atomic E-state index is 12.2. The van der Waals surface area contributed by atoms with E-state index in [-0.39, 0.29) is 23.7 Å². The molecule has 0 fully saturated rings. The normalized spacial score (nSPS) is 10.2. The smallest absolute Gasteiger partial charge is 0.226 e. The molecule has 1 amide bonds. The van der Waals surface area contributed by atoms with Crippen LogP contribution in [0, 0.1) is 29.6 Å². The minimum Gasteiger partial charge on any atom is -0.383 e. The highest BCUT2D eigenvalue weighted by Gasteiger charge is 2.21. The lowest BCUT2D eigenvalue weighted by Crippen LogP contribution is -2.14. The van der Waals surface area contributed by atoms with Gasteiger partial charge in [0.05, 0.1) is 5.56 Å². The summed E-state index contributed by atoms with van der Waals surface area (Å²) >= 11 is 2.68. The lowest BCUT2D eigenvalue weighted by Gasteiger charge is -2.11. The molecule has 0 aliphatic carbocycles. The summed E-state index contributed by atoms with van der Waals surface area (Å²) in [5, 5.41) is 24.2.